The first-order valence-corrected chi connectivity index (χ1v) is 9.53. The van der Waals surface area contributed by atoms with Crippen molar-refractivity contribution in [2.45, 2.75) is 84.0 Å². The Kier molecular flexibility index (Phi) is 3.47. The molecular formula is C20H32. The van der Waals surface area contributed by atoms with Crippen LogP contribution in [0.15, 0.2) is 11.6 Å². The lowest BCUT2D eigenvalue weighted by atomic mass is 9.51. The predicted molar refractivity (Wildman–Crippen MR) is 85.6 cm³/mol. The highest BCUT2D eigenvalue weighted by atomic mass is 14.6. The third kappa shape index (κ3) is 1.93. The Labute approximate surface area is 125 Å². The zero-order valence-corrected chi connectivity index (χ0v) is 13.4. The lowest BCUT2D eigenvalue weighted by Gasteiger charge is -2.54. The highest BCUT2D eigenvalue weighted by molar-refractivity contribution is 5.17. The molecule has 0 saturated heterocycles. The summed E-state index contributed by atoms with van der Waals surface area (Å²) < 4.78 is 0. The lowest BCUT2D eigenvalue weighted by Crippen LogP contribution is -2.45. The zero-order chi connectivity index (χ0) is 13.6. The van der Waals surface area contributed by atoms with E-state index < -0.39 is 0 Å². The zero-order valence-electron chi connectivity index (χ0n) is 13.4. The van der Waals surface area contributed by atoms with Crippen molar-refractivity contribution in [3.63, 3.8) is 0 Å². The molecule has 0 aliphatic heterocycles. The normalized spacial score (nSPS) is 47.1. The molecule has 0 N–H and O–H groups in total. The number of hydrogen-bond acceptors (Lipinski definition) is 0. The first-order valence-electron chi connectivity index (χ1n) is 9.53. The minimum absolute atomic E-state index is 0.797. The van der Waals surface area contributed by atoms with Crippen LogP contribution >= 0.6 is 0 Å². The van der Waals surface area contributed by atoms with Crippen molar-refractivity contribution in [2.24, 2.45) is 29.1 Å². The summed E-state index contributed by atoms with van der Waals surface area (Å²) in [4.78, 5) is 0. The van der Waals surface area contributed by atoms with Gasteiger partial charge in [-0.3, -0.25) is 0 Å². The Bertz CT molecular complexity index is 393. The van der Waals surface area contributed by atoms with Gasteiger partial charge in [-0.15, -0.1) is 0 Å². The topological polar surface area (TPSA) is 0 Å². The fourth-order valence-electron chi connectivity index (χ4n) is 7.03. The van der Waals surface area contributed by atoms with Crippen LogP contribution in [0.2, 0.25) is 0 Å². The maximum absolute atomic E-state index is 2.63. The second-order valence-electron chi connectivity index (χ2n) is 8.33. The van der Waals surface area contributed by atoms with Gasteiger partial charge in [0.2, 0.25) is 0 Å². The Hall–Kier alpha value is -0.260. The summed E-state index contributed by atoms with van der Waals surface area (Å²) >= 11 is 0. The third-order valence-corrected chi connectivity index (χ3v) is 7.65. The average molecular weight is 272 g/mol. The smallest absolute Gasteiger partial charge is 0.0172 e. The van der Waals surface area contributed by atoms with Gasteiger partial charge >= 0.3 is 0 Å². The summed E-state index contributed by atoms with van der Waals surface area (Å²) in [5.41, 5.74) is 2.68. The maximum Gasteiger partial charge on any atom is -0.0172 e. The molecule has 0 aromatic rings. The van der Waals surface area contributed by atoms with E-state index in [1.165, 1.54) is 38.5 Å². The molecule has 4 aliphatic rings. The summed E-state index contributed by atoms with van der Waals surface area (Å²) in [7, 11) is 0. The van der Waals surface area contributed by atoms with Crippen LogP contribution in [0.5, 0.6) is 0 Å². The van der Waals surface area contributed by atoms with E-state index in [2.05, 4.69) is 13.0 Å². The van der Waals surface area contributed by atoms with Crippen molar-refractivity contribution < 1.29 is 0 Å². The first kappa shape index (κ1) is 13.4. The average Bonchev–Trinajstić information content (AvgIpc) is 2.91. The van der Waals surface area contributed by atoms with Crippen LogP contribution in [-0.2, 0) is 0 Å². The highest BCUT2D eigenvalue weighted by Crippen LogP contribution is 2.63. The quantitative estimate of drug-likeness (QED) is 0.531. The third-order valence-electron chi connectivity index (χ3n) is 7.65. The highest BCUT2D eigenvalue weighted by Gasteiger charge is 2.53. The van der Waals surface area contributed by atoms with Gasteiger partial charge < -0.3 is 0 Å². The molecule has 112 valence electrons. The molecule has 4 aliphatic carbocycles. The molecule has 0 spiro atoms. The molecule has 0 bridgehead atoms. The summed E-state index contributed by atoms with van der Waals surface area (Å²) in [6.45, 7) is 2.42. The minimum atomic E-state index is 0.797. The van der Waals surface area contributed by atoms with Crippen LogP contribution in [0, 0.1) is 29.1 Å². The maximum atomic E-state index is 2.63. The van der Waals surface area contributed by atoms with Crippen molar-refractivity contribution in [1.29, 1.82) is 0 Å². The van der Waals surface area contributed by atoms with E-state index in [1.807, 2.05) is 5.57 Å². The molecule has 0 heterocycles. The van der Waals surface area contributed by atoms with E-state index in [-0.39, 0.29) is 0 Å². The van der Waals surface area contributed by atoms with Crippen LogP contribution in [0.1, 0.15) is 84.0 Å². The molecule has 3 fully saturated rings. The van der Waals surface area contributed by atoms with E-state index >= 15 is 0 Å². The molecule has 4 rings (SSSR count). The lowest BCUT2D eigenvalue weighted by molar-refractivity contribution is -0.0168. The monoisotopic (exact) mass is 272 g/mol. The Morgan fingerprint density at radius 1 is 1.05 bits per heavy atom. The Morgan fingerprint density at radius 3 is 2.90 bits per heavy atom. The Morgan fingerprint density at radius 2 is 2.00 bits per heavy atom. The largest absolute Gasteiger partial charge is 0.0850 e. The van der Waals surface area contributed by atoms with Crippen molar-refractivity contribution in [1.82, 2.24) is 0 Å². The molecule has 0 unspecified atom stereocenters. The van der Waals surface area contributed by atoms with Crippen LogP contribution < -0.4 is 0 Å². The Balaban J connectivity index is 1.60. The van der Waals surface area contributed by atoms with Gasteiger partial charge in [0.25, 0.3) is 0 Å². The number of allylic oxidation sites excluding steroid dienone is 2. The van der Waals surface area contributed by atoms with Crippen LogP contribution in [0.3, 0.4) is 0 Å². The molecule has 0 nitrogen and oxygen atoms in total. The van der Waals surface area contributed by atoms with Crippen LogP contribution in [0.4, 0.5) is 0 Å². The molecule has 0 amide bonds. The summed E-state index contributed by atoms with van der Waals surface area (Å²) in [6, 6.07) is 0. The van der Waals surface area contributed by atoms with Gasteiger partial charge in [-0.05, 0) is 93.3 Å². The molecule has 0 radical (unpaired) electrons. The molecular weight excluding hydrogens is 240 g/mol. The fourth-order valence-corrected chi connectivity index (χ4v) is 7.03. The number of rotatable bonds is 2. The molecule has 0 aromatic heterocycles. The standard InChI is InChI=1S/C20H32/c1-2-12-20-13-5-8-19(20)18-10-9-15-6-3-4-7-16(15)17(18)11-14-20/h6,16-19H,2-5,7-14H2,1H3/t16-,17+,18+,19-,20-/m0/s1. The van der Waals surface area contributed by atoms with E-state index in [4.69, 9.17) is 0 Å². The van der Waals surface area contributed by atoms with Gasteiger partial charge in [-0.1, -0.05) is 31.4 Å². The van der Waals surface area contributed by atoms with Crippen molar-refractivity contribution in [3.8, 4) is 0 Å². The molecule has 5 atom stereocenters. The van der Waals surface area contributed by atoms with E-state index in [1.54, 1.807) is 38.5 Å². The molecule has 20 heavy (non-hydrogen) atoms. The fraction of sp³-hybridized carbons (Fsp3) is 0.900. The van der Waals surface area contributed by atoms with E-state index in [9.17, 15) is 0 Å². The second-order valence-corrected chi connectivity index (χ2v) is 8.33. The second kappa shape index (κ2) is 5.18. The van der Waals surface area contributed by atoms with Crippen molar-refractivity contribution in [3.05, 3.63) is 11.6 Å². The van der Waals surface area contributed by atoms with Gasteiger partial charge in [-0.25, -0.2) is 0 Å². The van der Waals surface area contributed by atoms with E-state index in [0.29, 0.717) is 0 Å². The van der Waals surface area contributed by atoms with Gasteiger partial charge in [0.1, 0.15) is 0 Å². The van der Waals surface area contributed by atoms with E-state index in [0.717, 1.165) is 29.1 Å². The number of fused-ring (bicyclic) bond motifs is 5. The predicted octanol–water partition coefficient (Wildman–Crippen LogP) is 6.12. The van der Waals surface area contributed by atoms with Gasteiger partial charge in [0, 0.05) is 0 Å². The van der Waals surface area contributed by atoms with Crippen LogP contribution in [-0.4, -0.2) is 0 Å². The molecule has 3 saturated carbocycles. The number of hydrogen-bond donors (Lipinski definition) is 0. The molecule has 0 heteroatoms. The SMILES string of the molecule is CCC[C@@]12CCC[C@H]1[C@@H]1CCC3=CCCC[C@@H]3[C@H]1CC2. The molecule has 0 aromatic carbocycles. The summed E-state index contributed by atoms with van der Waals surface area (Å²) in [5.74, 6) is 4.33. The van der Waals surface area contributed by atoms with Gasteiger partial charge in [-0.2, -0.15) is 0 Å². The van der Waals surface area contributed by atoms with Gasteiger partial charge in [0.15, 0.2) is 0 Å². The summed E-state index contributed by atoms with van der Waals surface area (Å²) in [6.07, 6.45) is 20.8. The first-order chi connectivity index (χ1) is 9.84. The minimum Gasteiger partial charge on any atom is -0.0850 e. The van der Waals surface area contributed by atoms with Crippen molar-refractivity contribution >= 4 is 0 Å². The van der Waals surface area contributed by atoms with Crippen LogP contribution in [0.25, 0.3) is 0 Å². The van der Waals surface area contributed by atoms with Crippen molar-refractivity contribution in [2.75, 3.05) is 0 Å². The summed E-state index contributed by atoms with van der Waals surface area (Å²) in [5, 5.41) is 0. The van der Waals surface area contributed by atoms with Gasteiger partial charge in [0.05, 0.1) is 0 Å².